The highest BCUT2D eigenvalue weighted by Crippen LogP contribution is 2.35. The van der Waals surface area contributed by atoms with Gasteiger partial charge in [-0.2, -0.15) is 0 Å². The summed E-state index contributed by atoms with van der Waals surface area (Å²) < 4.78 is 13.2. The van der Waals surface area contributed by atoms with Crippen molar-refractivity contribution < 1.29 is 9.18 Å². The fourth-order valence-corrected chi connectivity index (χ4v) is 3.80. The van der Waals surface area contributed by atoms with Crippen molar-refractivity contribution >= 4 is 22.8 Å². The van der Waals surface area contributed by atoms with Crippen molar-refractivity contribution in [1.82, 2.24) is 5.32 Å². The molecule has 6 heteroatoms. The molecule has 0 saturated carbocycles. The lowest BCUT2D eigenvalue weighted by Crippen LogP contribution is -2.29. The minimum atomic E-state index is -0.409. The molecule has 3 N–H and O–H groups in total. The number of amides is 1. The summed E-state index contributed by atoms with van der Waals surface area (Å²) in [5, 5.41) is 3.40. The van der Waals surface area contributed by atoms with E-state index >= 15 is 0 Å². The van der Waals surface area contributed by atoms with E-state index in [0.29, 0.717) is 10.7 Å². The van der Waals surface area contributed by atoms with Gasteiger partial charge in [0.05, 0.1) is 5.54 Å². The quantitative estimate of drug-likeness (QED) is 0.881. The molecule has 130 valence electrons. The van der Waals surface area contributed by atoms with Crippen molar-refractivity contribution in [2.45, 2.75) is 25.4 Å². The van der Waals surface area contributed by atoms with Crippen LogP contribution in [0.15, 0.2) is 53.5 Å². The topological polar surface area (TPSA) is 67.5 Å². The number of nitrogens with zero attached hydrogens (tertiary/aromatic N) is 1. The second-order valence-corrected chi connectivity index (χ2v) is 7.33. The van der Waals surface area contributed by atoms with Crippen LogP contribution >= 0.6 is 11.8 Å². The van der Waals surface area contributed by atoms with Crippen molar-refractivity contribution in [2.75, 3.05) is 5.75 Å². The third kappa shape index (κ3) is 4.20. The van der Waals surface area contributed by atoms with Crippen molar-refractivity contribution in [3.05, 3.63) is 71.0 Å². The summed E-state index contributed by atoms with van der Waals surface area (Å²) >= 11 is 1.55. The Kier molecular flexibility index (Phi) is 5.08. The van der Waals surface area contributed by atoms with Gasteiger partial charge in [0.1, 0.15) is 5.82 Å². The van der Waals surface area contributed by atoms with Gasteiger partial charge in [-0.15, -0.1) is 0 Å². The van der Waals surface area contributed by atoms with Gasteiger partial charge in [0.15, 0.2) is 5.17 Å². The van der Waals surface area contributed by atoms with Crippen LogP contribution in [0.3, 0.4) is 0 Å². The number of thioether (sulfide) groups is 1. The Bertz CT molecular complexity index is 824. The minimum Gasteiger partial charge on any atom is -0.379 e. The van der Waals surface area contributed by atoms with Crippen LogP contribution in [0, 0.1) is 5.82 Å². The van der Waals surface area contributed by atoms with Crippen LogP contribution in [-0.2, 0) is 12.1 Å². The van der Waals surface area contributed by atoms with E-state index in [9.17, 15) is 9.18 Å². The number of nitrogens with one attached hydrogen (secondary N) is 1. The molecule has 2 aromatic rings. The molecule has 0 saturated heterocycles. The number of hydrogen-bond donors (Lipinski definition) is 2. The molecule has 0 aromatic heterocycles. The molecule has 0 fully saturated rings. The summed E-state index contributed by atoms with van der Waals surface area (Å²) in [4.78, 5) is 17.0. The molecular weight excluding hydrogens is 337 g/mol. The van der Waals surface area contributed by atoms with Gasteiger partial charge in [-0.1, -0.05) is 36.0 Å². The Labute approximate surface area is 150 Å². The van der Waals surface area contributed by atoms with Crippen LogP contribution in [0.1, 0.15) is 34.8 Å². The Balaban J connectivity index is 1.75. The molecule has 0 bridgehead atoms. The fraction of sp³-hybridized carbons (Fsp3) is 0.263. The number of nitrogens with two attached hydrogens (primary N) is 1. The smallest absolute Gasteiger partial charge is 0.251 e. The first-order chi connectivity index (χ1) is 12.0. The van der Waals surface area contributed by atoms with Crippen molar-refractivity contribution in [3.63, 3.8) is 0 Å². The van der Waals surface area contributed by atoms with E-state index < -0.39 is 5.54 Å². The second-order valence-electron chi connectivity index (χ2n) is 6.22. The van der Waals surface area contributed by atoms with E-state index in [1.807, 2.05) is 25.1 Å². The van der Waals surface area contributed by atoms with E-state index in [2.05, 4.69) is 10.3 Å². The van der Waals surface area contributed by atoms with Crippen molar-refractivity contribution in [3.8, 4) is 0 Å². The van der Waals surface area contributed by atoms with Crippen molar-refractivity contribution in [1.29, 1.82) is 0 Å². The monoisotopic (exact) mass is 357 g/mol. The SMILES string of the molecule is CC1(c2cccc(C(=O)NCc3cccc(F)c3)c2)CCSC(N)=N1. The highest BCUT2D eigenvalue weighted by molar-refractivity contribution is 8.13. The maximum Gasteiger partial charge on any atom is 0.251 e. The number of aliphatic imine (C=N–C) groups is 1. The summed E-state index contributed by atoms with van der Waals surface area (Å²) in [6, 6.07) is 13.6. The van der Waals surface area contributed by atoms with Crippen molar-refractivity contribution in [2.24, 2.45) is 10.7 Å². The first-order valence-corrected chi connectivity index (χ1v) is 9.06. The molecule has 0 spiro atoms. The number of carbonyl (C=O) groups is 1. The van der Waals surface area contributed by atoms with Gasteiger partial charge < -0.3 is 11.1 Å². The average Bonchev–Trinajstić information content (AvgIpc) is 2.60. The van der Waals surface area contributed by atoms with Crippen LogP contribution in [0.4, 0.5) is 4.39 Å². The van der Waals surface area contributed by atoms with Crippen LogP contribution in [0.2, 0.25) is 0 Å². The van der Waals surface area contributed by atoms with Gasteiger partial charge in [0, 0.05) is 17.9 Å². The predicted octanol–water partition coefficient (Wildman–Crippen LogP) is 3.42. The number of halogens is 1. The van der Waals surface area contributed by atoms with E-state index in [4.69, 9.17) is 5.73 Å². The van der Waals surface area contributed by atoms with E-state index in [1.54, 1.807) is 30.0 Å². The largest absolute Gasteiger partial charge is 0.379 e. The van der Waals surface area contributed by atoms with Gasteiger partial charge >= 0.3 is 0 Å². The molecule has 1 atom stereocenters. The third-order valence-corrected chi connectivity index (χ3v) is 5.08. The minimum absolute atomic E-state index is 0.197. The standard InChI is InChI=1S/C19H20FN3OS/c1-19(8-9-25-18(21)23-19)15-6-3-5-14(11-15)17(24)22-12-13-4-2-7-16(20)10-13/h2-7,10-11H,8-9,12H2,1H3,(H2,21,23)(H,22,24). The molecule has 0 aliphatic carbocycles. The summed E-state index contributed by atoms with van der Waals surface area (Å²) in [5.74, 6) is 0.395. The Morgan fingerprint density at radius 2 is 2.12 bits per heavy atom. The highest BCUT2D eigenvalue weighted by Gasteiger charge is 2.29. The summed E-state index contributed by atoms with van der Waals surface area (Å²) in [6.07, 6.45) is 0.868. The first kappa shape index (κ1) is 17.5. The number of hydrogen-bond acceptors (Lipinski definition) is 4. The number of amidine groups is 1. The van der Waals surface area contributed by atoms with Gasteiger partial charge in [0.25, 0.3) is 5.91 Å². The number of carbonyl (C=O) groups excluding carboxylic acids is 1. The molecule has 2 aromatic carbocycles. The predicted molar refractivity (Wildman–Crippen MR) is 100 cm³/mol. The van der Waals surface area contributed by atoms with Gasteiger partial charge in [0.2, 0.25) is 0 Å². The maximum absolute atomic E-state index is 13.2. The Morgan fingerprint density at radius 1 is 1.32 bits per heavy atom. The van der Waals surface area contributed by atoms with Crippen LogP contribution in [0.25, 0.3) is 0 Å². The molecular formula is C19H20FN3OS. The highest BCUT2D eigenvalue weighted by atomic mass is 32.2. The van der Waals surface area contributed by atoms with Crippen LogP contribution < -0.4 is 11.1 Å². The van der Waals surface area contributed by atoms with E-state index in [-0.39, 0.29) is 18.3 Å². The molecule has 1 aliphatic rings. The number of rotatable bonds is 4. The molecule has 1 unspecified atom stereocenters. The third-order valence-electron chi connectivity index (χ3n) is 4.28. The van der Waals surface area contributed by atoms with Gasteiger partial charge in [-0.25, -0.2) is 4.39 Å². The van der Waals surface area contributed by atoms with E-state index in [0.717, 1.165) is 23.3 Å². The lowest BCUT2D eigenvalue weighted by Gasteiger charge is -2.30. The lowest BCUT2D eigenvalue weighted by atomic mass is 9.88. The lowest BCUT2D eigenvalue weighted by molar-refractivity contribution is 0.0950. The second kappa shape index (κ2) is 7.27. The molecule has 1 amide bonds. The Morgan fingerprint density at radius 3 is 2.88 bits per heavy atom. The summed E-state index contributed by atoms with van der Waals surface area (Å²) in [6.45, 7) is 2.31. The van der Waals surface area contributed by atoms with Gasteiger partial charge in [-0.05, 0) is 48.7 Å². The number of benzene rings is 2. The molecule has 4 nitrogen and oxygen atoms in total. The normalized spacial score (nSPS) is 20.0. The molecule has 25 heavy (non-hydrogen) atoms. The first-order valence-electron chi connectivity index (χ1n) is 8.08. The molecule has 3 rings (SSSR count). The average molecular weight is 357 g/mol. The maximum atomic E-state index is 13.2. The zero-order chi connectivity index (χ0) is 17.9. The molecule has 1 aliphatic heterocycles. The van der Waals surface area contributed by atoms with Crippen LogP contribution in [0.5, 0.6) is 0 Å². The fourth-order valence-electron chi connectivity index (χ4n) is 2.82. The zero-order valence-electron chi connectivity index (χ0n) is 14.0. The zero-order valence-corrected chi connectivity index (χ0v) is 14.8. The van der Waals surface area contributed by atoms with Crippen LogP contribution in [-0.4, -0.2) is 16.8 Å². The van der Waals surface area contributed by atoms with Gasteiger partial charge in [-0.3, -0.25) is 9.79 Å². The van der Waals surface area contributed by atoms with E-state index in [1.165, 1.54) is 12.1 Å². The molecule has 1 heterocycles. The Hall–Kier alpha value is -2.34. The molecule has 0 radical (unpaired) electrons. The summed E-state index contributed by atoms with van der Waals surface area (Å²) in [7, 11) is 0. The summed E-state index contributed by atoms with van der Waals surface area (Å²) in [5.41, 5.74) is 7.71.